The maximum atomic E-state index is 6.10. The number of aryl methyl sites for hydroxylation is 1. The summed E-state index contributed by atoms with van der Waals surface area (Å²) in [4.78, 5) is 4.13. The number of halogens is 2. The summed E-state index contributed by atoms with van der Waals surface area (Å²) in [7, 11) is 0. The van der Waals surface area contributed by atoms with Gasteiger partial charge in [0.25, 0.3) is 0 Å². The molecule has 0 bridgehead atoms. The summed E-state index contributed by atoms with van der Waals surface area (Å²) in [6, 6.07) is 5.75. The molecule has 0 unspecified atom stereocenters. The Morgan fingerprint density at radius 2 is 2.29 bits per heavy atom. The van der Waals surface area contributed by atoms with Crippen LogP contribution in [0.5, 0.6) is 0 Å². The Morgan fingerprint density at radius 1 is 1.47 bits per heavy atom. The molecular formula is C12H13BrClN3. The molecule has 3 nitrogen and oxygen atoms in total. The van der Waals surface area contributed by atoms with Crippen LogP contribution in [-0.4, -0.2) is 9.55 Å². The Kier molecular flexibility index (Phi) is 4.07. The van der Waals surface area contributed by atoms with Gasteiger partial charge in [0.15, 0.2) is 0 Å². The molecule has 5 heteroatoms. The highest BCUT2D eigenvalue weighted by Crippen LogP contribution is 2.26. The van der Waals surface area contributed by atoms with E-state index in [-0.39, 0.29) is 0 Å². The smallest absolute Gasteiger partial charge is 0.0948 e. The lowest BCUT2D eigenvalue weighted by Crippen LogP contribution is -2.06. The zero-order chi connectivity index (χ0) is 12.3. The van der Waals surface area contributed by atoms with E-state index in [1.165, 1.54) is 0 Å². The first kappa shape index (κ1) is 12.5. The Hall–Kier alpha value is -1.000. The molecule has 0 saturated carbocycles. The number of nitrogens with one attached hydrogen (secondary N) is 1. The molecule has 1 aromatic heterocycles. The van der Waals surface area contributed by atoms with Crippen molar-refractivity contribution < 1.29 is 0 Å². The lowest BCUT2D eigenvalue weighted by atomic mass is 10.3. The average Bonchev–Trinajstić information content (AvgIpc) is 2.77. The molecule has 0 fully saturated rings. The molecule has 2 aromatic rings. The van der Waals surface area contributed by atoms with E-state index in [9.17, 15) is 0 Å². The maximum absolute atomic E-state index is 6.10. The molecule has 0 amide bonds. The second-order valence-corrected chi connectivity index (χ2v) is 4.97. The Bertz CT molecular complexity index is 510. The van der Waals surface area contributed by atoms with Crippen molar-refractivity contribution in [1.82, 2.24) is 9.55 Å². The van der Waals surface area contributed by atoms with Gasteiger partial charge in [0, 0.05) is 17.2 Å². The van der Waals surface area contributed by atoms with Gasteiger partial charge in [-0.15, -0.1) is 0 Å². The fourth-order valence-electron chi connectivity index (χ4n) is 1.60. The van der Waals surface area contributed by atoms with Gasteiger partial charge in [-0.05, 0) is 25.1 Å². The second-order valence-electron chi connectivity index (χ2n) is 3.65. The van der Waals surface area contributed by atoms with E-state index >= 15 is 0 Å². The van der Waals surface area contributed by atoms with Gasteiger partial charge in [0.2, 0.25) is 0 Å². The van der Waals surface area contributed by atoms with Crippen molar-refractivity contribution in [3.8, 4) is 0 Å². The summed E-state index contributed by atoms with van der Waals surface area (Å²) in [5, 5.41) is 4.03. The molecule has 0 aliphatic heterocycles. The normalized spacial score (nSPS) is 10.5. The summed E-state index contributed by atoms with van der Waals surface area (Å²) in [5.74, 6) is 0. The molecule has 1 N–H and O–H groups in total. The molecule has 0 aliphatic carbocycles. The maximum Gasteiger partial charge on any atom is 0.0948 e. The van der Waals surface area contributed by atoms with Gasteiger partial charge in [0.1, 0.15) is 0 Å². The topological polar surface area (TPSA) is 29.9 Å². The summed E-state index contributed by atoms with van der Waals surface area (Å²) in [6.45, 7) is 3.73. The third-order valence-electron chi connectivity index (χ3n) is 2.53. The van der Waals surface area contributed by atoms with Crippen LogP contribution in [-0.2, 0) is 13.1 Å². The highest BCUT2D eigenvalue weighted by molar-refractivity contribution is 9.10. The quantitative estimate of drug-likeness (QED) is 0.926. The first-order valence-electron chi connectivity index (χ1n) is 5.38. The molecule has 0 atom stereocenters. The minimum absolute atomic E-state index is 0.712. The van der Waals surface area contributed by atoms with Gasteiger partial charge < -0.3 is 9.88 Å². The van der Waals surface area contributed by atoms with E-state index in [1.807, 2.05) is 30.7 Å². The lowest BCUT2D eigenvalue weighted by molar-refractivity contribution is 0.719. The molecule has 0 radical (unpaired) electrons. The summed E-state index contributed by atoms with van der Waals surface area (Å²) < 4.78 is 3.10. The van der Waals surface area contributed by atoms with Crippen LogP contribution in [0.1, 0.15) is 12.6 Å². The van der Waals surface area contributed by atoms with Crippen LogP contribution in [0.15, 0.2) is 35.2 Å². The predicted octanol–water partition coefficient (Wildman–Crippen LogP) is 3.93. The first-order valence-corrected chi connectivity index (χ1v) is 6.55. The number of hydrogen-bond donors (Lipinski definition) is 1. The van der Waals surface area contributed by atoms with Crippen molar-refractivity contribution in [2.24, 2.45) is 0 Å². The van der Waals surface area contributed by atoms with Crippen LogP contribution in [0.4, 0.5) is 5.69 Å². The molecule has 90 valence electrons. The molecular weight excluding hydrogens is 302 g/mol. The van der Waals surface area contributed by atoms with Crippen LogP contribution >= 0.6 is 27.5 Å². The number of benzene rings is 1. The van der Waals surface area contributed by atoms with Gasteiger partial charge in [-0.3, -0.25) is 0 Å². The van der Waals surface area contributed by atoms with Gasteiger partial charge in [-0.1, -0.05) is 27.5 Å². The van der Waals surface area contributed by atoms with Gasteiger partial charge >= 0.3 is 0 Å². The van der Waals surface area contributed by atoms with Crippen LogP contribution < -0.4 is 5.32 Å². The lowest BCUT2D eigenvalue weighted by Gasteiger charge is -2.10. The molecule has 17 heavy (non-hydrogen) atoms. The largest absolute Gasteiger partial charge is 0.378 e. The number of aromatic nitrogens is 2. The zero-order valence-electron chi connectivity index (χ0n) is 9.45. The van der Waals surface area contributed by atoms with E-state index in [1.54, 1.807) is 0 Å². The van der Waals surface area contributed by atoms with Crippen LogP contribution in [0.25, 0.3) is 0 Å². The molecule has 0 aliphatic rings. The fourth-order valence-corrected chi connectivity index (χ4v) is 2.14. The molecule has 1 heterocycles. The van der Waals surface area contributed by atoms with Gasteiger partial charge in [-0.25, -0.2) is 4.98 Å². The number of hydrogen-bond acceptors (Lipinski definition) is 2. The number of anilines is 1. The highest BCUT2D eigenvalue weighted by atomic mass is 79.9. The van der Waals surface area contributed by atoms with E-state index < -0.39 is 0 Å². The van der Waals surface area contributed by atoms with Crippen LogP contribution in [0.3, 0.4) is 0 Å². The van der Waals surface area contributed by atoms with E-state index in [0.29, 0.717) is 6.54 Å². The summed E-state index contributed by atoms with van der Waals surface area (Å²) in [6.07, 6.45) is 3.70. The number of imidazole rings is 1. The summed E-state index contributed by atoms with van der Waals surface area (Å²) >= 11 is 9.53. The van der Waals surface area contributed by atoms with E-state index in [2.05, 4.69) is 37.7 Å². The Balaban J connectivity index is 2.09. The van der Waals surface area contributed by atoms with Crippen molar-refractivity contribution in [3.05, 3.63) is 45.9 Å². The highest BCUT2D eigenvalue weighted by Gasteiger charge is 2.03. The minimum atomic E-state index is 0.712. The van der Waals surface area contributed by atoms with Crippen molar-refractivity contribution in [1.29, 1.82) is 0 Å². The van der Waals surface area contributed by atoms with Crippen molar-refractivity contribution in [2.75, 3.05) is 5.32 Å². The standard InChI is InChI=1S/C12H13BrClN3/c1-2-17-8-15-6-10(17)7-16-12-5-9(13)3-4-11(12)14/h3-6,8,16H,2,7H2,1H3. The van der Waals surface area contributed by atoms with Crippen molar-refractivity contribution in [2.45, 2.75) is 20.0 Å². The predicted molar refractivity (Wildman–Crippen MR) is 74.4 cm³/mol. The van der Waals surface area contributed by atoms with Gasteiger partial charge in [0.05, 0.1) is 29.3 Å². The molecule has 0 saturated heterocycles. The number of rotatable bonds is 4. The Morgan fingerprint density at radius 3 is 3.06 bits per heavy atom. The molecule has 2 rings (SSSR count). The molecule has 0 spiro atoms. The van der Waals surface area contributed by atoms with Crippen molar-refractivity contribution >= 4 is 33.2 Å². The van der Waals surface area contributed by atoms with E-state index in [0.717, 1.165) is 27.4 Å². The summed E-state index contributed by atoms with van der Waals surface area (Å²) in [5.41, 5.74) is 2.06. The second kappa shape index (κ2) is 5.56. The van der Waals surface area contributed by atoms with Crippen molar-refractivity contribution in [3.63, 3.8) is 0 Å². The van der Waals surface area contributed by atoms with E-state index in [4.69, 9.17) is 11.6 Å². The van der Waals surface area contributed by atoms with Gasteiger partial charge in [-0.2, -0.15) is 0 Å². The monoisotopic (exact) mass is 313 g/mol. The first-order chi connectivity index (χ1) is 8.20. The Labute approximate surface area is 114 Å². The minimum Gasteiger partial charge on any atom is -0.378 e. The third kappa shape index (κ3) is 3.01. The fraction of sp³-hybridized carbons (Fsp3) is 0.250. The van der Waals surface area contributed by atoms with Crippen LogP contribution in [0.2, 0.25) is 5.02 Å². The number of nitrogens with zero attached hydrogens (tertiary/aromatic N) is 2. The average molecular weight is 315 g/mol. The molecule has 1 aromatic carbocycles. The SMILES string of the molecule is CCn1cncc1CNc1cc(Br)ccc1Cl. The van der Waals surface area contributed by atoms with Crippen LogP contribution in [0, 0.1) is 0 Å². The third-order valence-corrected chi connectivity index (χ3v) is 3.35. The zero-order valence-corrected chi connectivity index (χ0v) is 11.8.